The smallest absolute Gasteiger partial charge is 0.106 e. The summed E-state index contributed by atoms with van der Waals surface area (Å²) in [5.74, 6) is 0. The van der Waals surface area contributed by atoms with Crippen LogP contribution in [0.2, 0.25) is 0 Å². The maximum absolute atomic E-state index is 6.13. The Labute approximate surface area is 134 Å². The highest BCUT2D eigenvalue weighted by atomic mass is 79.9. The van der Waals surface area contributed by atoms with Gasteiger partial charge < -0.3 is 10.5 Å². The Bertz CT molecular complexity index is 548. The fourth-order valence-electron chi connectivity index (χ4n) is 2.32. The van der Waals surface area contributed by atoms with Gasteiger partial charge in [-0.1, -0.05) is 13.0 Å². The standard InChI is InChI=1S/C16H22BrN3O/c1-3-13(18)11(2)16(14-7-4-8-15(17)20-14)19-12-6-5-9-21-10-12/h4,7-8,12H,3,5-6,9-10,18H2,1-2H3. The van der Waals surface area contributed by atoms with Gasteiger partial charge in [-0.15, -0.1) is 0 Å². The SMILES string of the molecule is CCC(N)=C(C)C(=NC1CCCOC1)c1cccc(Br)n1. The van der Waals surface area contributed by atoms with Crippen molar-refractivity contribution in [1.82, 2.24) is 4.98 Å². The van der Waals surface area contributed by atoms with E-state index in [0.717, 1.165) is 53.1 Å². The van der Waals surface area contributed by atoms with Crippen molar-refractivity contribution < 1.29 is 4.74 Å². The topological polar surface area (TPSA) is 60.5 Å². The molecule has 1 unspecified atom stereocenters. The lowest BCUT2D eigenvalue weighted by molar-refractivity contribution is 0.0829. The average Bonchev–Trinajstić information content (AvgIpc) is 2.52. The van der Waals surface area contributed by atoms with Gasteiger partial charge in [0.05, 0.1) is 24.1 Å². The highest BCUT2D eigenvalue weighted by Gasteiger charge is 2.17. The van der Waals surface area contributed by atoms with Gasteiger partial charge in [-0.05, 0) is 59.8 Å². The number of aromatic nitrogens is 1. The Morgan fingerprint density at radius 2 is 2.33 bits per heavy atom. The van der Waals surface area contributed by atoms with Crippen LogP contribution in [0.1, 0.15) is 38.8 Å². The van der Waals surface area contributed by atoms with Crippen LogP contribution in [0, 0.1) is 0 Å². The summed E-state index contributed by atoms with van der Waals surface area (Å²) < 4.78 is 6.33. The zero-order chi connectivity index (χ0) is 15.2. The molecule has 1 fully saturated rings. The molecule has 1 aromatic heterocycles. The number of hydrogen-bond donors (Lipinski definition) is 1. The van der Waals surface area contributed by atoms with Crippen LogP contribution >= 0.6 is 15.9 Å². The van der Waals surface area contributed by atoms with Crippen molar-refractivity contribution in [2.75, 3.05) is 13.2 Å². The van der Waals surface area contributed by atoms with Crippen molar-refractivity contribution in [1.29, 1.82) is 0 Å². The molecule has 0 aliphatic carbocycles. The molecule has 1 aromatic rings. The van der Waals surface area contributed by atoms with E-state index in [0.29, 0.717) is 6.61 Å². The molecule has 0 saturated carbocycles. The second-order valence-corrected chi connectivity index (χ2v) is 6.01. The summed E-state index contributed by atoms with van der Waals surface area (Å²) >= 11 is 3.42. The number of nitrogens with two attached hydrogens (primary N) is 1. The van der Waals surface area contributed by atoms with Crippen molar-refractivity contribution in [3.05, 3.63) is 39.8 Å². The van der Waals surface area contributed by atoms with Crippen LogP contribution in [-0.2, 0) is 4.74 Å². The van der Waals surface area contributed by atoms with Gasteiger partial charge in [-0.2, -0.15) is 0 Å². The fraction of sp³-hybridized carbons (Fsp3) is 0.500. The lowest BCUT2D eigenvalue weighted by atomic mass is 10.0. The third-order valence-electron chi connectivity index (χ3n) is 3.62. The number of halogens is 1. The second kappa shape index (κ2) is 7.71. The van der Waals surface area contributed by atoms with Crippen LogP contribution in [-0.4, -0.2) is 30.0 Å². The number of allylic oxidation sites excluding steroid dienone is 2. The molecule has 0 spiro atoms. The molecule has 0 amide bonds. The molecular formula is C16H22BrN3O. The Balaban J connectivity index is 2.41. The molecule has 2 N–H and O–H groups in total. The summed E-state index contributed by atoms with van der Waals surface area (Å²) in [6.45, 7) is 5.58. The summed E-state index contributed by atoms with van der Waals surface area (Å²) in [6.07, 6.45) is 2.91. The van der Waals surface area contributed by atoms with Crippen molar-refractivity contribution in [2.24, 2.45) is 10.7 Å². The Kier molecular flexibility index (Phi) is 5.94. The first-order valence-corrected chi connectivity index (χ1v) is 8.15. The van der Waals surface area contributed by atoms with Crippen LogP contribution in [0.5, 0.6) is 0 Å². The van der Waals surface area contributed by atoms with E-state index < -0.39 is 0 Å². The van der Waals surface area contributed by atoms with Gasteiger partial charge >= 0.3 is 0 Å². The van der Waals surface area contributed by atoms with E-state index in [-0.39, 0.29) is 6.04 Å². The minimum absolute atomic E-state index is 0.189. The van der Waals surface area contributed by atoms with E-state index in [1.165, 1.54) is 0 Å². The average molecular weight is 352 g/mol. The zero-order valence-corrected chi connectivity index (χ0v) is 14.2. The molecule has 2 rings (SSSR count). The van der Waals surface area contributed by atoms with Crippen molar-refractivity contribution in [3.8, 4) is 0 Å². The zero-order valence-electron chi connectivity index (χ0n) is 12.6. The van der Waals surface area contributed by atoms with E-state index in [4.69, 9.17) is 15.5 Å². The van der Waals surface area contributed by atoms with Crippen molar-refractivity contribution >= 4 is 21.6 Å². The molecule has 114 valence electrons. The highest BCUT2D eigenvalue weighted by molar-refractivity contribution is 9.10. The summed E-state index contributed by atoms with van der Waals surface area (Å²) in [4.78, 5) is 9.42. The van der Waals surface area contributed by atoms with Crippen LogP contribution in [0.25, 0.3) is 0 Å². The maximum Gasteiger partial charge on any atom is 0.106 e. The lowest BCUT2D eigenvalue weighted by Gasteiger charge is -2.20. The van der Waals surface area contributed by atoms with Crippen LogP contribution in [0.4, 0.5) is 0 Å². The second-order valence-electron chi connectivity index (χ2n) is 5.20. The van der Waals surface area contributed by atoms with Gasteiger partial charge in [-0.3, -0.25) is 4.99 Å². The van der Waals surface area contributed by atoms with E-state index in [9.17, 15) is 0 Å². The van der Waals surface area contributed by atoms with Gasteiger partial charge in [0, 0.05) is 12.3 Å². The number of ether oxygens (including phenoxy) is 1. The van der Waals surface area contributed by atoms with Gasteiger partial charge in [0.1, 0.15) is 4.60 Å². The van der Waals surface area contributed by atoms with E-state index in [1.54, 1.807) is 0 Å². The lowest BCUT2D eigenvalue weighted by Crippen LogP contribution is -2.23. The Hall–Kier alpha value is -1.20. The van der Waals surface area contributed by atoms with Crippen LogP contribution < -0.4 is 5.73 Å². The first-order valence-electron chi connectivity index (χ1n) is 7.36. The van der Waals surface area contributed by atoms with Gasteiger partial charge in [0.25, 0.3) is 0 Å². The molecule has 1 saturated heterocycles. The molecule has 5 heteroatoms. The predicted molar refractivity (Wildman–Crippen MR) is 89.5 cm³/mol. The van der Waals surface area contributed by atoms with E-state index >= 15 is 0 Å². The molecule has 0 bridgehead atoms. The number of aliphatic imine (C=N–C) groups is 1. The minimum Gasteiger partial charge on any atom is -0.402 e. The quantitative estimate of drug-likeness (QED) is 0.667. The monoisotopic (exact) mass is 351 g/mol. The van der Waals surface area contributed by atoms with Gasteiger partial charge in [-0.25, -0.2) is 4.98 Å². The summed E-state index contributed by atoms with van der Waals surface area (Å²) in [5.41, 5.74) is 9.72. The molecule has 0 aromatic carbocycles. The van der Waals surface area contributed by atoms with E-state index in [2.05, 4.69) is 27.8 Å². The molecule has 21 heavy (non-hydrogen) atoms. The number of rotatable bonds is 4. The first kappa shape index (κ1) is 16.2. The highest BCUT2D eigenvalue weighted by Crippen LogP contribution is 2.18. The molecular weight excluding hydrogens is 330 g/mol. The van der Waals surface area contributed by atoms with Crippen LogP contribution in [0.3, 0.4) is 0 Å². The van der Waals surface area contributed by atoms with Crippen LogP contribution in [0.15, 0.2) is 39.1 Å². The molecule has 0 radical (unpaired) electrons. The van der Waals surface area contributed by atoms with E-state index in [1.807, 2.05) is 25.1 Å². The third kappa shape index (κ3) is 4.38. The molecule has 4 nitrogen and oxygen atoms in total. The summed E-state index contributed by atoms with van der Waals surface area (Å²) in [7, 11) is 0. The van der Waals surface area contributed by atoms with Crippen molar-refractivity contribution in [3.63, 3.8) is 0 Å². The summed E-state index contributed by atoms with van der Waals surface area (Å²) in [6, 6.07) is 6.04. The minimum atomic E-state index is 0.189. The normalized spacial score (nSPS) is 21.1. The Morgan fingerprint density at radius 1 is 1.52 bits per heavy atom. The van der Waals surface area contributed by atoms with Gasteiger partial charge in [0.15, 0.2) is 0 Å². The predicted octanol–water partition coefficient (Wildman–Crippen LogP) is 3.45. The summed E-state index contributed by atoms with van der Waals surface area (Å²) in [5, 5.41) is 0. The number of pyridine rings is 1. The molecule has 1 atom stereocenters. The largest absolute Gasteiger partial charge is 0.402 e. The first-order chi connectivity index (χ1) is 10.1. The third-order valence-corrected chi connectivity index (χ3v) is 4.07. The maximum atomic E-state index is 6.13. The molecule has 2 heterocycles. The molecule has 1 aliphatic heterocycles. The molecule has 1 aliphatic rings. The Morgan fingerprint density at radius 3 is 2.95 bits per heavy atom. The van der Waals surface area contributed by atoms with Crippen molar-refractivity contribution in [2.45, 2.75) is 39.2 Å². The number of hydrogen-bond acceptors (Lipinski definition) is 4. The van der Waals surface area contributed by atoms with Gasteiger partial charge in [0.2, 0.25) is 0 Å². The fourth-order valence-corrected chi connectivity index (χ4v) is 2.66. The number of nitrogens with zero attached hydrogens (tertiary/aromatic N) is 2.